The Bertz CT molecular complexity index is 893. The molecular weight excluding hydrogens is 366 g/mol. The van der Waals surface area contributed by atoms with Gasteiger partial charge >= 0.3 is 5.97 Å². The highest BCUT2D eigenvalue weighted by Crippen LogP contribution is 2.21. The second kappa shape index (κ2) is 9.03. The van der Waals surface area contributed by atoms with Gasteiger partial charge in [-0.05, 0) is 31.2 Å². The monoisotopic (exact) mass is 393 g/mol. The van der Waals surface area contributed by atoms with Crippen LogP contribution in [0.5, 0.6) is 0 Å². The highest BCUT2D eigenvalue weighted by molar-refractivity contribution is 6.14. The summed E-state index contributed by atoms with van der Waals surface area (Å²) in [7, 11) is 0. The molecule has 0 saturated carbocycles. The number of likely N-dealkylation sites (tertiary alicyclic amines) is 1. The van der Waals surface area contributed by atoms with Gasteiger partial charge in [-0.1, -0.05) is 61.9 Å². The Morgan fingerprint density at radius 3 is 2.14 bits per heavy atom. The zero-order chi connectivity index (χ0) is 21.0. The second-order valence-electron chi connectivity index (χ2n) is 8.06. The number of nitrogens with zero attached hydrogens (tertiary/aromatic N) is 1. The Labute approximate surface area is 171 Å². The summed E-state index contributed by atoms with van der Waals surface area (Å²) in [5, 5.41) is 0. The molecule has 3 rings (SSSR count). The van der Waals surface area contributed by atoms with Crippen molar-refractivity contribution < 1.29 is 19.1 Å². The van der Waals surface area contributed by atoms with Crippen molar-refractivity contribution in [2.75, 3.05) is 19.7 Å². The van der Waals surface area contributed by atoms with Crippen molar-refractivity contribution in [2.24, 2.45) is 11.8 Å². The van der Waals surface area contributed by atoms with Gasteiger partial charge in [0.15, 0.2) is 12.4 Å². The maximum absolute atomic E-state index is 12.9. The average Bonchev–Trinajstić information content (AvgIpc) is 2.71. The maximum Gasteiger partial charge on any atom is 0.339 e. The molecule has 2 atom stereocenters. The minimum absolute atomic E-state index is 0.172. The Morgan fingerprint density at radius 2 is 1.52 bits per heavy atom. The number of benzene rings is 2. The minimum Gasteiger partial charge on any atom is -0.452 e. The Balaban J connectivity index is 1.69. The zero-order valence-corrected chi connectivity index (χ0v) is 17.2. The van der Waals surface area contributed by atoms with Crippen molar-refractivity contribution in [3.8, 4) is 0 Å². The first kappa shape index (κ1) is 20.8. The summed E-state index contributed by atoms with van der Waals surface area (Å²) in [6, 6.07) is 13.7. The predicted molar refractivity (Wildman–Crippen MR) is 111 cm³/mol. The molecular formula is C24H27NO4. The quantitative estimate of drug-likeness (QED) is 0.571. The molecule has 0 unspecified atom stereocenters. The zero-order valence-electron chi connectivity index (χ0n) is 17.2. The van der Waals surface area contributed by atoms with Crippen molar-refractivity contribution in [1.82, 2.24) is 4.90 Å². The molecule has 1 saturated heterocycles. The van der Waals surface area contributed by atoms with Gasteiger partial charge in [-0.2, -0.15) is 0 Å². The lowest BCUT2D eigenvalue weighted by molar-refractivity contribution is -0.137. The van der Waals surface area contributed by atoms with Crippen LogP contribution in [0.1, 0.15) is 52.1 Å². The molecule has 152 valence electrons. The summed E-state index contributed by atoms with van der Waals surface area (Å²) >= 11 is 0. The van der Waals surface area contributed by atoms with Crippen LogP contribution in [-0.2, 0) is 9.53 Å². The Kier molecular flexibility index (Phi) is 6.47. The molecule has 2 aromatic rings. The molecule has 0 aliphatic carbocycles. The lowest BCUT2D eigenvalue weighted by Gasteiger charge is -2.34. The van der Waals surface area contributed by atoms with Gasteiger partial charge in [0.05, 0.1) is 5.56 Å². The number of ether oxygens (including phenoxy) is 1. The van der Waals surface area contributed by atoms with Crippen LogP contribution in [0.15, 0.2) is 48.5 Å². The molecule has 5 heteroatoms. The van der Waals surface area contributed by atoms with Crippen molar-refractivity contribution in [1.29, 1.82) is 0 Å². The first-order valence-electron chi connectivity index (χ1n) is 10.0. The minimum atomic E-state index is -0.660. The third-order valence-electron chi connectivity index (χ3n) is 5.25. The van der Waals surface area contributed by atoms with E-state index in [1.807, 2.05) is 19.1 Å². The highest BCUT2D eigenvalue weighted by Gasteiger charge is 2.26. The number of amides is 1. The molecule has 1 fully saturated rings. The van der Waals surface area contributed by atoms with E-state index in [9.17, 15) is 14.4 Å². The number of hydrogen-bond acceptors (Lipinski definition) is 4. The number of aryl methyl sites for hydroxylation is 1. The predicted octanol–water partition coefficient (Wildman–Crippen LogP) is 3.89. The first-order valence-corrected chi connectivity index (χ1v) is 10.0. The highest BCUT2D eigenvalue weighted by atomic mass is 16.5. The van der Waals surface area contributed by atoms with E-state index in [4.69, 9.17) is 4.74 Å². The number of ketones is 1. The molecule has 0 bridgehead atoms. The van der Waals surface area contributed by atoms with Gasteiger partial charge in [-0.3, -0.25) is 9.59 Å². The molecule has 2 aromatic carbocycles. The van der Waals surface area contributed by atoms with Gasteiger partial charge in [0.25, 0.3) is 5.91 Å². The van der Waals surface area contributed by atoms with E-state index in [0.717, 1.165) is 12.0 Å². The molecule has 0 aromatic heterocycles. The number of esters is 1. The molecule has 1 aliphatic rings. The van der Waals surface area contributed by atoms with Gasteiger partial charge in [-0.15, -0.1) is 0 Å². The number of carbonyl (C=O) groups is 3. The number of rotatable bonds is 5. The second-order valence-corrected chi connectivity index (χ2v) is 8.06. The molecule has 1 heterocycles. The van der Waals surface area contributed by atoms with Gasteiger partial charge in [-0.25, -0.2) is 4.79 Å². The average molecular weight is 393 g/mol. The van der Waals surface area contributed by atoms with Crippen LogP contribution in [0, 0.1) is 18.8 Å². The van der Waals surface area contributed by atoms with Gasteiger partial charge in [0.1, 0.15) is 0 Å². The maximum atomic E-state index is 12.9. The van der Waals surface area contributed by atoms with Gasteiger partial charge in [0.2, 0.25) is 0 Å². The van der Waals surface area contributed by atoms with Crippen molar-refractivity contribution >= 4 is 17.7 Å². The van der Waals surface area contributed by atoms with Gasteiger partial charge in [0, 0.05) is 24.2 Å². The number of carbonyl (C=O) groups excluding carboxylic acids is 3. The lowest BCUT2D eigenvalue weighted by Crippen LogP contribution is -2.44. The first-order chi connectivity index (χ1) is 13.8. The fourth-order valence-corrected chi connectivity index (χ4v) is 3.88. The van der Waals surface area contributed by atoms with Crippen molar-refractivity contribution in [2.45, 2.75) is 27.2 Å². The van der Waals surface area contributed by atoms with E-state index in [-0.39, 0.29) is 29.4 Å². The van der Waals surface area contributed by atoms with Crippen LogP contribution in [-0.4, -0.2) is 42.3 Å². The van der Waals surface area contributed by atoms with Crippen LogP contribution >= 0.6 is 0 Å². The number of hydrogen-bond donors (Lipinski definition) is 0. The normalized spacial score (nSPS) is 18.9. The van der Waals surface area contributed by atoms with E-state index >= 15 is 0 Å². The molecule has 29 heavy (non-hydrogen) atoms. The van der Waals surface area contributed by atoms with Crippen LogP contribution in [0.25, 0.3) is 0 Å². The fraction of sp³-hybridized carbons (Fsp3) is 0.375. The molecule has 0 radical (unpaired) electrons. The van der Waals surface area contributed by atoms with Crippen LogP contribution in [0.2, 0.25) is 0 Å². The summed E-state index contributed by atoms with van der Waals surface area (Å²) < 4.78 is 5.28. The standard InChI is InChI=1S/C24H27NO4/c1-16-8-10-19(11-9-16)23(27)20-6-4-5-7-21(20)24(28)29-15-22(26)25-13-17(2)12-18(3)14-25/h4-11,17-18H,12-15H2,1-3H3/t17-,18+. The summed E-state index contributed by atoms with van der Waals surface area (Å²) in [6.07, 6.45) is 1.10. The third kappa shape index (κ3) is 5.11. The van der Waals surface area contributed by atoms with E-state index in [2.05, 4.69) is 13.8 Å². The summed E-state index contributed by atoms with van der Waals surface area (Å²) in [6.45, 7) is 7.24. The summed E-state index contributed by atoms with van der Waals surface area (Å²) in [4.78, 5) is 39.7. The molecule has 0 spiro atoms. The Morgan fingerprint density at radius 1 is 0.931 bits per heavy atom. The van der Waals surface area contributed by atoms with Crippen molar-refractivity contribution in [3.63, 3.8) is 0 Å². The Hall–Kier alpha value is -2.95. The molecule has 0 N–H and O–H groups in total. The van der Waals surface area contributed by atoms with E-state index < -0.39 is 5.97 Å². The lowest BCUT2D eigenvalue weighted by atomic mass is 9.92. The third-order valence-corrected chi connectivity index (χ3v) is 5.25. The van der Waals surface area contributed by atoms with E-state index in [0.29, 0.717) is 30.5 Å². The van der Waals surface area contributed by atoms with Crippen molar-refractivity contribution in [3.05, 3.63) is 70.8 Å². The molecule has 5 nitrogen and oxygen atoms in total. The fourth-order valence-electron chi connectivity index (χ4n) is 3.88. The summed E-state index contributed by atoms with van der Waals surface area (Å²) in [5.74, 6) is -0.230. The molecule has 1 aliphatic heterocycles. The topological polar surface area (TPSA) is 63.7 Å². The molecule has 1 amide bonds. The largest absolute Gasteiger partial charge is 0.452 e. The summed E-state index contributed by atoms with van der Waals surface area (Å²) in [5.41, 5.74) is 2.00. The van der Waals surface area contributed by atoms with E-state index in [1.54, 1.807) is 41.3 Å². The smallest absolute Gasteiger partial charge is 0.339 e. The van der Waals surface area contributed by atoms with Crippen LogP contribution in [0.4, 0.5) is 0 Å². The SMILES string of the molecule is Cc1ccc(C(=O)c2ccccc2C(=O)OCC(=O)N2C[C@H](C)C[C@H](C)C2)cc1. The van der Waals surface area contributed by atoms with Crippen LogP contribution in [0.3, 0.4) is 0 Å². The van der Waals surface area contributed by atoms with Crippen LogP contribution < -0.4 is 0 Å². The number of piperidine rings is 1. The van der Waals surface area contributed by atoms with E-state index in [1.165, 1.54) is 0 Å². The van der Waals surface area contributed by atoms with Gasteiger partial charge < -0.3 is 9.64 Å².